The second kappa shape index (κ2) is 5.05. The second-order valence-corrected chi connectivity index (χ2v) is 5.31. The minimum atomic E-state index is 0.134. The summed E-state index contributed by atoms with van der Waals surface area (Å²) in [4.78, 5) is 20.5. The molecule has 19 heavy (non-hydrogen) atoms. The van der Waals surface area contributed by atoms with Crippen molar-refractivity contribution in [2.75, 3.05) is 6.54 Å². The molecule has 1 aromatic carbocycles. The van der Waals surface area contributed by atoms with Crippen LogP contribution in [0.25, 0.3) is 0 Å². The predicted octanol–water partition coefficient (Wildman–Crippen LogP) is 2.81. The number of pyridine rings is 1. The van der Waals surface area contributed by atoms with Gasteiger partial charge in [0.2, 0.25) is 0 Å². The summed E-state index contributed by atoms with van der Waals surface area (Å²) < 4.78 is 0.976. The van der Waals surface area contributed by atoms with Crippen LogP contribution in [0.1, 0.15) is 16.8 Å². The van der Waals surface area contributed by atoms with Crippen LogP contribution in [0, 0.1) is 0 Å². The Morgan fingerprint density at radius 2 is 2.05 bits per heavy atom. The normalized spacial score (nSPS) is 14.6. The highest BCUT2D eigenvalue weighted by Crippen LogP contribution is 2.22. The van der Waals surface area contributed by atoms with Gasteiger partial charge < -0.3 is 0 Å². The zero-order valence-electron chi connectivity index (χ0n) is 10.1. The highest BCUT2D eigenvalue weighted by atomic mass is 79.9. The summed E-state index contributed by atoms with van der Waals surface area (Å²) in [5.41, 5.74) is 3.59. The summed E-state index contributed by atoms with van der Waals surface area (Å²) in [6.07, 6.45) is 2.17. The number of hydrogen-bond donors (Lipinski definition) is 0. The van der Waals surface area contributed by atoms with Crippen LogP contribution >= 0.6 is 15.9 Å². The number of aromatic nitrogens is 1. The Balaban J connectivity index is 2.20. The van der Waals surface area contributed by atoms with Gasteiger partial charge in [-0.2, -0.15) is 0 Å². The first-order valence-corrected chi connectivity index (χ1v) is 6.80. The van der Waals surface area contributed by atoms with E-state index in [4.69, 9.17) is 0 Å². The van der Waals surface area contributed by atoms with E-state index in [1.54, 1.807) is 6.20 Å². The molecule has 0 atom stereocenters. The van der Waals surface area contributed by atoms with Crippen LogP contribution in [0.15, 0.2) is 52.1 Å². The minimum absolute atomic E-state index is 0.134. The van der Waals surface area contributed by atoms with E-state index >= 15 is 0 Å². The van der Waals surface area contributed by atoms with E-state index in [-0.39, 0.29) is 12.3 Å². The number of carbonyl (C=O) groups excluding carboxylic acids is 1. The van der Waals surface area contributed by atoms with E-state index in [2.05, 4.69) is 25.9 Å². The Labute approximate surface area is 119 Å². The maximum absolute atomic E-state index is 11.8. The van der Waals surface area contributed by atoms with Crippen molar-refractivity contribution in [2.24, 2.45) is 4.99 Å². The number of Topliss-reactive ketones (excluding diaryl/α,β-unsaturated/α-hetero) is 1. The number of carbonyl (C=O) groups is 1. The Morgan fingerprint density at radius 3 is 2.84 bits per heavy atom. The maximum atomic E-state index is 11.8. The molecule has 0 N–H and O–H groups in total. The molecule has 3 rings (SSSR count). The Hall–Kier alpha value is -1.81. The van der Waals surface area contributed by atoms with Gasteiger partial charge in [-0.1, -0.05) is 28.1 Å². The topological polar surface area (TPSA) is 42.3 Å². The Bertz CT molecular complexity index is 665. The molecule has 94 valence electrons. The fourth-order valence-electron chi connectivity index (χ4n) is 2.17. The molecule has 1 aromatic heterocycles. The van der Waals surface area contributed by atoms with Crippen molar-refractivity contribution >= 4 is 27.4 Å². The maximum Gasteiger partial charge on any atom is 0.158 e. The van der Waals surface area contributed by atoms with Crippen LogP contribution in [0.2, 0.25) is 0 Å². The van der Waals surface area contributed by atoms with Crippen LogP contribution < -0.4 is 0 Å². The van der Waals surface area contributed by atoms with Gasteiger partial charge in [0.1, 0.15) is 0 Å². The quantitative estimate of drug-likeness (QED) is 0.812. The smallest absolute Gasteiger partial charge is 0.158 e. The van der Waals surface area contributed by atoms with Crippen molar-refractivity contribution in [3.8, 4) is 0 Å². The van der Waals surface area contributed by atoms with Gasteiger partial charge in [0, 0.05) is 22.7 Å². The van der Waals surface area contributed by atoms with Gasteiger partial charge in [-0.05, 0) is 29.8 Å². The monoisotopic (exact) mass is 314 g/mol. The third-order valence-electron chi connectivity index (χ3n) is 3.04. The van der Waals surface area contributed by atoms with Crippen LogP contribution in [0.4, 0.5) is 0 Å². The molecule has 0 unspecified atom stereocenters. The fourth-order valence-corrected chi connectivity index (χ4v) is 2.53. The average molecular weight is 315 g/mol. The summed E-state index contributed by atoms with van der Waals surface area (Å²) in [5.74, 6) is 0.134. The standard InChI is InChI=1S/C15H11BrN2O/c16-11-5-4-10-7-12(19)9-18-15(13(10)8-11)14-3-1-2-6-17-14/h1-6,8H,7,9H2. The summed E-state index contributed by atoms with van der Waals surface area (Å²) in [7, 11) is 0. The van der Waals surface area contributed by atoms with Crippen molar-refractivity contribution in [3.63, 3.8) is 0 Å². The van der Waals surface area contributed by atoms with E-state index in [1.165, 1.54) is 0 Å². The van der Waals surface area contributed by atoms with Gasteiger partial charge in [-0.15, -0.1) is 0 Å². The summed E-state index contributed by atoms with van der Waals surface area (Å²) >= 11 is 3.47. The van der Waals surface area contributed by atoms with Crippen molar-refractivity contribution < 1.29 is 4.79 Å². The fraction of sp³-hybridized carbons (Fsp3) is 0.133. The summed E-state index contributed by atoms with van der Waals surface area (Å²) in [6.45, 7) is 0.220. The van der Waals surface area contributed by atoms with Gasteiger partial charge in [-0.3, -0.25) is 14.8 Å². The molecule has 2 aromatic rings. The van der Waals surface area contributed by atoms with E-state index in [9.17, 15) is 4.79 Å². The first-order valence-electron chi connectivity index (χ1n) is 6.00. The molecule has 0 amide bonds. The molecule has 0 fully saturated rings. The molecule has 1 aliphatic rings. The molecule has 1 aliphatic heterocycles. The van der Waals surface area contributed by atoms with Crippen LogP contribution in [-0.2, 0) is 11.2 Å². The first kappa shape index (κ1) is 12.2. The van der Waals surface area contributed by atoms with E-state index < -0.39 is 0 Å². The van der Waals surface area contributed by atoms with Crippen LogP contribution in [-0.4, -0.2) is 23.0 Å². The van der Waals surface area contributed by atoms with Gasteiger partial charge in [0.25, 0.3) is 0 Å². The summed E-state index contributed by atoms with van der Waals surface area (Å²) in [6, 6.07) is 11.6. The molecule has 0 bridgehead atoms. The lowest BCUT2D eigenvalue weighted by atomic mass is 9.98. The van der Waals surface area contributed by atoms with Gasteiger partial charge in [0.05, 0.1) is 18.0 Å². The molecule has 0 saturated heterocycles. The third kappa shape index (κ3) is 2.49. The number of hydrogen-bond acceptors (Lipinski definition) is 3. The lowest BCUT2D eigenvalue weighted by Crippen LogP contribution is -2.07. The SMILES string of the molecule is O=C1CN=C(c2ccccn2)c2cc(Br)ccc2C1. The number of nitrogens with zero attached hydrogens (tertiary/aromatic N) is 2. The van der Waals surface area contributed by atoms with Crippen LogP contribution in [0.5, 0.6) is 0 Å². The molecule has 0 spiro atoms. The molecule has 0 aliphatic carbocycles. The van der Waals surface area contributed by atoms with Crippen LogP contribution in [0.3, 0.4) is 0 Å². The highest BCUT2D eigenvalue weighted by Gasteiger charge is 2.19. The predicted molar refractivity (Wildman–Crippen MR) is 77.6 cm³/mol. The van der Waals surface area contributed by atoms with Crippen molar-refractivity contribution in [1.29, 1.82) is 0 Å². The summed E-state index contributed by atoms with van der Waals surface area (Å²) in [5, 5.41) is 0. The average Bonchev–Trinajstić information content (AvgIpc) is 2.58. The molecule has 3 nitrogen and oxygen atoms in total. The number of aliphatic imine (C=N–C) groups is 1. The third-order valence-corrected chi connectivity index (χ3v) is 3.53. The Kier molecular flexibility index (Phi) is 3.25. The molecule has 2 heterocycles. The molecular formula is C15H11BrN2O. The van der Waals surface area contributed by atoms with Gasteiger partial charge >= 0.3 is 0 Å². The Morgan fingerprint density at radius 1 is 1.16 bits per heavy atom. The second-order valence-electron chi connectivity index (χ2n) is 4.40. The van der Waals surface area contributed by atoms with Gasteiger partial charge in [-0.25, -0.2) is 0 Å². The number of rotatable bonds is 1. The van der Waals surface area contributed by atoms with E-state index in [0.717, 1.165) is 27.0 Å². The number of halogens is 1. The minimum Gasteiger partial charge on any atom is -0.297 e. The molecule has 0 saturated carbocycles. The van der Waals surface area contributed by atoms with Crippen molar-refractivity contribution in [3.05, 3.63) is 63.9 Å². The first-order chi connectivity index (χ1) is 9.24. The number of benzene rings is 1. The van der Waals surface area contributed by atoms with Crippen molar-refractivity contribution in [2.45, 2.75) is 6.42 Å². The zero-order chi connectivity index (χ0) is 13.2. The molecule has 0 radical (unpaired) electrons. The highest BCUT2D eigenvalue weighted by molar-refractivity contribution is 9.10. The van der Waals surface area contributed by atoms with E-state index in [0.29, 0.717) is 6.42 Å². The number of fused-ring (bicyclic) bond motifs is 1. The number of ketones is 1. The molecule has 4 heteroatoms. The van der Waals surface area contributed by atoms with Crippen molar-refractivity contribution in [1.82, 2.24) is 4.98 Å². The van der Waals surface area contributed by atoms with Gasteiger partial charge in [0.15, 0.2) is 5.78 Å². The lowest BCUT2D eigenvalue weighted by molar-refractivity contribution is -0.117. The largest absolute Gasteiger partial charge is 0.297 e. The lowest BCUT2D eigenvalue weighted by Gasteiger charge is -2.09. The molecular weight excluding hydrogens is 304 g/mol. The van der Waals surface area contributed by atoms with E-state index in [1.807, 2.05) is 36.4 Å². The zero-order valence-corrected chi connectivity index (χ0v) is 11.7.